The van der Waals surface area contributed by atoms with Crippen LogP contribution in [0.4, 0.5) is 4.39 Å². The van der Waals surface area contributed by atoms with Gasteiger partial charge in [-0.05, 0) is 35.4 Å². The molecule has 1 aliphatic carbocycles. The second-order valence-corrected chi connectivity index (χ2v) is 5.61. The van der Waals surface area contributed by atoms with Gasteiger partial charge in [0.25, 0.3) is 0 Å². The van der Waals surface area contributed by atoms with Crippen LogP contribution in [-0.2, 0) is 11.3 Å². The number of carbonyl (C=O) groups is 1. The molecule has 1 N–H and O–H groups in total. The summed E-state index contributed by atoms with van der Waals surface area (Å²) in [4.78, 5) is 11.4. The Morgan fingerprint density at radius 1 is 1.48 bits per heavy atom. The van der Waals surface area contributed by atoms with Gasteiger partial charge in [0.15, 0.2) is 11.6 Å². The van der Waals surface area contributed by atoms with E-state index in [0.717, 1.165) is 6.42 Å². The van der Waals surface area contributed by atoms with E-state index in [1.54, 1.807) is 6.07 Å². The number of benzene rings is 1. The number of nitrogens with zero attached hydrogens (tertiary/aromatic N) is 4. The predicted octanol–water partition coefficient (Wildman–Crippen LogP) is 2.39. The largest absolute Gasteiger partial charge is 0.481 e. The molecule has 3 rings (SSSR count). The average Bonchev–Trinajstić information content (AvgIpc) is 2.84. The SMILES string of the molecule is O=C(O)C1(Cn2nnnc2-c2cccc(Cl)c2F)CCC1. The van der Waals surface area contributed by atoms with Crippen LogP contribution in [0, 0.1) is 11.2 Å². The van der Waals surface area contributed by atoms with Crippen LogP contribution in [0.2, 0.25) is 5.02 Å². The van der Waals surface area contributed by atoms with Gasteiger partial charge in [0.1, 0.15) is 0 Å². The van der Waals surface area contributed by atoms with Crippen LogP contribution in [0.1, 0.15) is 19.3 Å². The van der Waals surface area contributed by atoms with Crippen molar-refractivity contribution in [3.05, 3.63) is 29.0 Å². The highest BCUT2D eigenvalue weighted by Gasteiger charge is 2.45. The molecule has 6 nitrogen and oxygen atoms in total. The molecular weight excluding hydrogens is 299 g/mol. The number of tetrazole rings is 1. The molecule has 1 aliphatic rings. The van der Waals surface area contributed by atoms with Crippen LogP contribution in [0.5, 0.6) is 0 Å². The van der Waals surface area contributed by atoms with Crippen molar-refractivity contribution in [2.45, 2.75) is 25.8 Å². The zero-order chi connectivity index (χ0) is 15.0. The van der Waals surface area contributed by atoms with Gasteiger partial charge in [-0.1, -0.05) is 24.1 Å². The fourth-order valence-corrected chi connectivity index (χ4v) is 2.68. The molecule has 8 heteroatoms. The third kappa shape index (κ3) is 2.27. The number of carboxylic acids is 1. The summed E-state index contributed by atoms with van der Waals surface area (Å²) < 4.78 is 15.4. The third-order valence-corrected chi connectivity index (χ3v) is 4.23. The van der Waals surface area contributed by atoms with Crippen molar-refractivity contribution in [1.29, 1.82) is 0 Å². The van der Waals surface area contributed by atoms with E-state index in [0.29, 0.717) is 12.8 Å². The Kier molecular flexibility index (Phi) is 3.36. The summed E-state index contributed by atoms with van der Waals surface area (Å²) in [6.07, 6.45) is 1.99. The van der Waals surface area contributed by atoms with E-state index in [9.17, 15) is 14.3 Å². The van der Waals surface area contributed by atoms with Crippen LogP contribution in [0.3, 0.4) is 0 Å². The minimum Gasteiger partial charge on any atom is -0.481 e. The van der Waals surface area contributed by atoms with Gasteiger partial charge in [0.05, 0.1) is 22.5 Å². The van der Waals surface area contributed by atoms with Gasteiger partial charge in [0, 0.05) is 0 Å². The summed E-state index contributed by atoms with van der Waals surface area (Å²) >= 11 is 5.76. The molecule has 0 aliphatic heterocycles. The van der Waals surface area contributed by atoms with Crippen molar-refractivity contribution in [2.75, 3.05) is 0 Å². The zero-order valence-electron chi connectivity index (χ0n) is 11.0. The highest BCUT2D eigenvalue weighted by Crippen LogP contribution is 2.43. The first-order valence-electron chi connectivity index (χ1n) is 6.47. The van der Waals surface area contributed by atoms with Crippen LogP contribution in [0.15, 0.2) is 18.2 Å². The summed E-state index contributed by atoms with van der Waals surface area (Å²) in [6.45, 7) is 0.122. The molecular formula is C13H12ClFN4O2. The molecule has 0 unspecified atom stereocenters. The molecule has 21 heavy (non-hydrogen) atoms. The normalized spacial score (nSPS) is 16.5. The van der Waals surface area contributed by atoms with Gasteiger partial charge < -0.3 is 5.11 Å². The first kappa shape index (κ1) is 13.9. The third-order valence-electron chi connectivity index (χ3n) is 3.94. The maximum Gasteiger partial charge on any atom is 0.311 e. The first-order chi connectivity index (χ1) is 10.0. The Balaban J connectivity index is 1.98. The zero-order valence-corrected chi connectivity index (χ0v) is 11.7. The average molecular weight is 311 g/mol. The topological polar surface area (TPSA) is 80.9 Å². The van der Waals surface area contributed by atoms with Gasteiger partial charge >= 0.3 is 5.97 Å². The van der Waals surface area contributed by atoms with Crippen molar-refractivity contribution in [1.82, 2.24) is 20.2 Å². The number of aromatic nitrogens is 4. The lowest BCUT2D eigenvalue weighted by molar-refractivity contribution is -0.156. The molecule has 1 aromatic heterocycles. The maximum absolute atomic E-state index is 14.1. The molecule has 110 valence electrons. The van der Waals surface area contributed by atoms with Crippen molar-refractivity contribution in [2.24, 2.45) is 5.41 Å². The predicted molar refractivity (Wildman–Crippen MR) is 72.1 cm³/mol. The van der Waals surface area contributed by atoms with Crippen LogP contribution >= 0.6 is 11.6 Å². The van der Waals surface area contributed by atoms with E-state index < -0.39 is 17.2 Å². The lowest BCUT2D eigenvalue weighted by Crippen LogP contribution is -2.42. The van der Waals surface area contributed by atoms with Crippen molar-refractivity contribution < 1.29 is 14.3 Å². The van der Waals surface area contributed by atoms with Gasteiger partial charge in [-0.15, -0.1) is 5.10 Å². The number of carboxylic acid groups (broad SMARTS) is 1. The Morgan fingerprint density at radius 3 is 2.86 bits per heavy atom. The minimum absolute atomic E-state index is 0.0290. The molecule has 0 spiro atoms. The standard InChI is InChI=1S/C13H12ClFN4O2/c14-9-4-1-3-8(10(9)15)11-16-17-18-19(11)7-13(12(20)21)5-2-6-13/h1,3-4H,2,5-7H2,(H,20,21). The second-order valence-electron chi connectivity index (χ2n) is 5.20. The molecule has 0 atom stereocenters. The summed E-state index contributed by atoms with van der Waals surface area (Å²) in [5.41, 5.74) is -0.702. The Hall–Kier alpha value is -2.02. The summed E-state index contributed by atoms with van der Waals surface area (Å²) in [5, 5.41) is 20.5. The van der Waals surface area contributed by atoms with Crippen molar-refractivity contribution >= 4 is 17.6 Å². The van der Waals surface area contributed by atoms with Crippen LogP contribution in [0.25, 0.3) is 11.4 Å². The van der Waals surface area contributed by atoms with Gasteiger partial charge in [-0.2, -0.15) is 0 Å². The molecule has 0 amide bonds. The van der Waals surface area contributed by atoms with Crippen LogP contribution < -0.4 is 0 Å². The van der Waals surface area contributed by atoms with E-state index in [4.69, 9.17) is 11.6 Å². The molecule has 1 fully saturated rings. The van der Waals surface area contributed by atoms with E-state index in [1.807, 2.05) is 0 Å². The molecule has 1 saturated carbocycles. The number of halogens is 2. The smallest absolute Gasteiger partial charge is 0.311 e. The molecule has 1 aromatic carbocycles. The van der Waals surface area contributed by atoms with Gasteiger partial charge in [-0.3, -0.25) is 4.79 Å². The van der Waals surface area contributed by atoms with E-state index in [1.165, 1.54) is 16.8 Å². The fraction of sp³-hybridized carbons (Fsp3) is 0.385. The maximum atomic E-state index is 14.1. The summed E-state index contributed by atoms with van der Waals surface area (Å²) in [5.74, 6) is -1.31. The lowest BCUT2D eigenvalue weighted by Gasteiger charge is -2.37. The number of hydrogen-bond acceptors (Lipinski definition) is 4. The Labute approximate surface area is 124 Å². The van der Waals surface area contributed by atoms with Crippen molar-refractivity contribution in [3.63, 3.8) is 0 Å². The minimum atomic E-state index is -0.873. The van der Waals surface area contributed by atoms with Crippen molar-refractivity contribution in [3.8, 4) is 11.4 Å². The highest BCUT2D eigenvalue weighted by atomic mass is 35.5. The molecule has 1 heterocycles. The quantitative estimate of drug-likeness (QED) is 0.937. The Morgan fingerprint density at radius 2 is 2.24 bits per heavy atom. The lowest BCUT2D eigenvalue weighted by atomic mass is 9.69. The van der Waals surface area contributed by atoms with E-state index in [2.05, 4.69) is 15.5 Å². The number of rotatable bonds is 4. The molecule has 2 aromatic rings. The molecule has 0 bridgehead atoms. The molecule has 0 radical (unpaired) electrons. The first-order valence-corrected chi connectivity index (χ1v) is 6.85. The highest BCUT2D eigenvalue weighted by molar-refractivity contribution is 6.31. The number of hydrogen-bond donors (Lipinski definition) is 1. The number of aliphatic carboxylic acids is 1. The monoisotopic (exact) mass is 310 g/mol. The van der Waals surface area contributed by atoms with Gasteiger partial charge in [-0.25, -0.2) is 9.07 Å². The fourth-order valence-electron chi connectivity index (χ4n) is 2.51. The van der Waals surface area contributed by atoms with E-state index in [-0.39, 0.29) is 23.0 Å². The second kappa shape index (κ2) is 5.07. The molecule has 0 saturated heterocycles. The summed E-state index contributed by atoms with van der Waals surface area (Å²) in [7, 11) is 0. The van der Waals surface area contributed by atoms with E-state index >= 15 is 0 Å². The Bertz CT molecular complexity index is 699. The van der Waals surface area contributed by atoms with Crippen LogP contribution in [-0.4, -0.2) is 31.3 Å². The summed E-state index contributed by atoms with van der Waals surface area (Å²) in [6, 6.07) is 4.53. The van der Waals surface area contributed by atoms with Gasteiger partial charge in [0.2, 0.25) is 0 Å².